The van der Waals surface area contributed by atoms with Gasteiger partial charge in [0.15, 0.2) is 0 Å². The van der Waals surface area contributed by atoms with Gasteiger partial charge in [-0.2, -0.15) is 0 Å². The fourth-order valence-corrected chi connectivity index (χ4v) is 1.86. The van der Waals surface area contributed by atoms with E-state index in [0.717, 1.165) is 0 Å². The van der Waals surface area contributed by atoms with E-state index in [9.17, 15) is 9.59 Å². The summed E-state index contributed by atoms with van der Waals surface area (Å²) in [4.78, 5) is 25.8. The summed E-state index contributed by atoms with van der Waals surface area (Å²) >= 11 is 0. The van der Waals surface area contributed by atoms with Crippen LogP contribution >= 0.6 is 0 Å². The SMILES string of the molecule is CC1=CCC(NC(=O)OC(C)(C)C)[C@@H](N=C=O)C1. The van der Waals surface area contributed by atoms with Gasteiger partial charge >= 0.3 is 6.09 Å². The molecule has 5 heteroatoms. The topological polar surface area (TPSA) is 67.8 Å². The van der Waals surface area contributed by atoms with E-state index in [0.29, 0.717) is 12.8 Å². The lowest BCUT2D eigenvalue weighted by molar-refractivity contribution is 0.0495. The maximum Gasteiger partial charge on any atom is 0.407 e. The smallest absolute Gasteiger partial charge is 0.407 e. The fraction of sp³-hybridized carbons (Fsp3) is 0.692. The molecule has 0 aromatic rings. The van der Waals surface area contributed by atoms with Crippen molar-refractivity contribution in [2.24, 2.45) is 4.99 Å². The maximum absolute atomic E-state index is 11.7. The van der Waals surface area contributed by atoms with Crippen molar-refractivity contribution in [3.63, 3.8) is 0 Å². The first-order valence-electron chi connectivity index (χ1n) is 6.04. The number of alkyl carbamates (subject to hydrolysis) is 1. The molecule has 1 aliphatic rings. The predicted molar refractivity (Wildman–Crippen MR) is 68.1 cm³/mol. The van der Waals surface area contributed by atoms with Gasteiger partial charge in [0, 0.05) is 0 Å². The number of ether oxygens (including phenoxy) is 1. The molecule has 0 aliphatic heterocycles. The van der Waals surface area contributed by atoms with Gasteiger partial charge in [0.2, 0.25) is 6.08 Å². The minimum absolute atomic E-state index is 0.204. The second-order valence-corrected chi connectivity index (χ2v) is 5.53. The van der Waals surface area contributed by atoms with Crippen LogP contribution in [0.2, 0.25) is 0 Å². The number of hydrogen-bond donors (Lipinski definition) is 1. The van der Waals surface area contributed by atoms with E-state index in [4.69, 9.17) is 4.74 Å². The van der Waals surface area contributed by atoms with Crippen molar-refractivity contribution >= 4 is 12.2 Å². The molecule has 1 unspecified atom stereocenters. The van der Waals surface area contributed by atoms with Crippen molar-refractivity contribution in [3.05, 3.63) is 11.6 Å². The summed E-state index contributed by atoms with van der Waals surface area (Å²) in [7, 11) is 0. The number of nitrogens with zero attached hydrogens (tertiary/aromatic N) is 1. The molecule has 0 fully saturated rings. The van der Waals surface area contributed by atoms with Crippen molar-refractivity contribution in [3.8, 4) is 0 Å². The van der Waals surface area contributed by atoms with Gasteiger partial charge in [-0.3, -0.25) is 0 Å². The van der Waals surface area contributed by atoms with E-state index in [2.05, 4.69) is 10.3 Å². The molecule has 0 radical (unpaired) electrons. The molecule has 0 spiro atoms. The third-order valence-electron chi connectivity index (χ3n) is 2.64. The summed E-state index contributed by atoms with van der Waals surface area (Å²) in [5.74, 6) is 0. The van der Waals surface area contributed by atoms with Gasteiger partial charge in [-0.05, 0) is 40.5 Å². The summed E-state index contributed by atoms with van der Waals surface area (Å²) in [5.41, 5.74) is 0.634. The third kappa shape index (κ3) is 4.72. The highest BCUT2D eigenvalue weighted by molar-refractivity contribution is 5.68. The lowest BCUT2D eigenvalue weighted by atomic mass is 9.91. The van der Waals surface area contributed by atoms with Crippen molar-refractivity contribution < 1.29 is 14.3 Å². The Balaban J connectivity index is 2.64. The van der Waals surface area contributed by atoms with Crippen molar-refractivity contribution in [1.29, 1.82) is 0 Å². The molecule has 18 heavy (non-hydrogen) atoms. The lowest BCUT2D eigenvalue weighted by Crippen LogP contribution is -2.45. The van der Waals surface area contributed by atoms with Crippen molar-refractivity contribution in [1.82, 2.24) is 5.32 Å². The number of nitrogens with one attached hydrogen (secondary N) is 1. The molecular formula is C13H20N2O3. The zero-order valence-electron chi connectivity index (χ0n) is 11.3. The van der Waals surface area contributed by atoms with Crippen LogP contribution < -0.4 is 5.32 Å². The molecule has 1 rings (SSSR count). The highest BCUT2D eigenvalue weighted by Crippen LogP contribution is 2.21. The van der Waals surface area contributed by atoms with E-state index in [-0.39, 0.29) is 12.1 Å². The monoisotopic (exact) mass is 252 g/mol. The lowest BCUT2D eigenvalue weighted by Gasteiger charge is -2.28. The number of aliphatic imine (C=N–C) groups is 1. The quantitative estimate of drug-likeness (QED) is 0.466. The largest absolute Gasteiger partial charge is 0.444 e. The standard InChI is InChI=1S/C13H20N2O3/c1-9-5-6-10(11(7-9)14-8-16)15-12(17)18-13(2,3)4/h5,10-11H,6-7H2,1-4H3,(H,15,17)/t10?,11-/m0/s1. The van der Waals surface area contributed by atoms with Crippen LogP contribution in [0.5, 0.6) is 0 Å². The minimum Gasteiger partial charge on any atom is -0.444 e. The van der Waals surface area contributed by atoms with Gasteiger partial charge < -0.3 is 10.1 Å². The highest BCUT2D eigenvalue weighted by Gasteiger charge is 2.27. The first kappa shape index (κ1) is 14.5. The van der Waals surface area contributed by atoms with Crippen LogP contribution in [0.25, 0.3) is 0 Å². The van der Waals surface area contributed by atoms with Gasteiger partial charge in [-0.1, -0.05) is 11.6 Å². The normalized spacial score (nSPS) is 23.7. The number of carbonyl (C=O) groups excluding carboxylic acids is 2. The Labute approximate surface area is 107 Å². The van der Waals surface area contributed by atoms with Crippen LogP contribution in [0.3, 0.4) is 0 Å². The van der Waals surface area contributed by atoms with Crippen molar-refractivity contribution in [2.75, 3.05) is 0 Å². The van der Waals surface area contributed by atoms with Gasteiger partial charge in [0.25, 0.3) is 0 Å². The van der Waals surface area contributed by atoms with Crippen LogP contribution in [0.4, 0.5) is 4.79 Å². The molecule has 100 valence electrons. The Morgan fingerprint density at radius 1 is 1.56 bits per heavy atom. The maximum atomic E-state index is 11.7. The van der Waals surface area contributed by atoms with Crippen LogP contribution in [-0.4, -0.2) is 29.9 Å². The van der Waals surface area contributed by atoms with Gasteiger partial charge in [-0.25, -0.2) is 14.6 Å². The van der Waals surface area contributed by atoms with Gasteiger partial charge in [-0.15, -0.1) is 0 Å². The fourth-order valence-electron chi connectivity index (χ4n) is 1.86. The Morgan fingerprint density at radius 2 is 2.22 bits per heavy atom. The predicted octanol–water partition coefficient (Wildman–Crippen LogP) is 2.32. The molecule has 0 heterocycles. The molecule has 0 saturated heterocycles. The number of amides is 1. The van der Waals surface area contributed by atoms with Crippen LogP contribution in [-0.2, 0) is 9.53 Å². The van der Waals surface area contributed by atoms with Crippen LogP contribution in [0.1, 0.15) is 40.5 Å². The molecule has 0 saturated carbocycles. The number of isocyanates is 1. The van der Waals surface area contributed by atoms with E-state index >= 15 is 0 Å². The summed E-state index contributed by atoms with van der Waals surface area (Å²) in [6.45, 7) is 7.40. The van der Waals surface area contributed by atoms with Crippen molar-refractivity contribution in [2.45, 2.75) is 58.2 Å². The average Bonchev–Trinajstić information content (AvgIpc) is 2.20. The van der Waals surface area contributed by atoms with E-state index in [1.54, 1.807) is 26.9 Å². The molecule has 1 aliphatic carbocycles. The third-order valence-corrected chi connectivity index (χ3v) is 2.64. The summed E-state index contributed by atoms with van der Waals surface area (Å²) in [6, 6.07) is -0.454. The molecule has 1 N–H and O–H groups in total. The van der Waals surface area contributed by atoms with Gasteiger partial charge in [0.1, 0.15) is 5.60 Å². The van der Waals surface area contributed by atoms with Crippen LogP contribution in [0.15, 0.2) is 16.6 Å². The Kier molecular flexibility index (Phi) is 4.68. The second-order valence-electron chi connectivity index (χ2n) is 5.53. The number of carbonyl (C=O) groups is 1. The average molecular weight is 252 g/mol. The zero-order chi connectivity index (χ0) is 13.8. The number of hydrogen-bond acceptors (Lipinski definition) is 4. The van der Waals surface area contributed by atoms with E-state index in [1.165, 1.54) is 5.57 Å². The minimum atomic E-state index is -0.534. The van der Waals surface area contributed by atoms with E-state index in [1.807, 2.05) is 13.0 Å². The highest BCUT2D eigenvalue weighted by atomic mass is 16.6. The second kappa shape index (κ2) is 5.83. The Hall–Kier alpha value is -1.61. The molecule has 5 nitrogen and oxygen atoms in total. The van der Waals surface area contributed by atoms with Gasteiger partial charge in [0.05, 0.1) is 12.1 Å². The number of rotatable bonds is 2. The Morgan fingerprint density at radius 3 is 2.78 bits per heavy atom. The first-order chi connectivity index (χ1) is 8.31. The zero-order valence-corrected chi connectivity index (χ0v) is 11.3. The van der Waals surface area contributed by atoms with E-state index < -0.39 is 11.7 Å². The first-order valence-corrected chi connectivity index (χ1v) is 6.04. The summed E-state index contributed by atoms with van der Waals surface area (Å²) in [6.07, 6.45) is 4.44. The molecule has 0 bridgehead atoms. The molecular weight excluding hydrogens is 232 g/mol. The molecule has 1 amide bonds. The Bertz CT molecular complexity index is 390. The molecule has 0 aromatic carbocycles. The summed E-state index contributed by atoms with van der Waals surface area (Å²) in [5, 5.41) is 2.75. The molecule has 2 atom stereocenters. The molecule has 0 aromatic heterocycles. The van der Waals surface area contributed by atoms with Crippen LogP contribution in [0, 0.1) is 0 Å². The summed E-state index contributed by atoms with van der Waals surface area (Å²) < 4.78 is 5.18.